The van der Waals surface area contributed by atoms with Crippen molar-refractivity contribution in [3.63, 3.8) is 0 Å². The Kier molecular flexibility index (Phi) is 6.66. The molecule has 0 aliphatic rings. The monoisotopic (exact) mass is 525 g/mol. The van der Waals surface area contributed by atoms with E-state index in [4.69, 9.17) is 36.5 Å². The first-order valence-corrected chi connectivity index (χ1v) is 13.0. The molecule has 188 valence electrons. The van der Waals surface area contributed by atoms with Crippen molar-refractivity contribution < 1.29 is 0 Å². The lowest BCUT2D eigenvalue weighted by Gasteiger charge is -2.16. The van der Waals surface area contributed by atoms with E-state index in [1.54, 1.807) is 0 Å². The smallest absolute Gasteiger partial charge is 0.164 e. The van der Waals surface area contributed by atoms with E-state index in [1.807, 2.05) is 111 Å². The van der Waals surface area contributed by atoms with Crippen LogP contribution in [0.1, 0.15) is 11.4 Å². The molecule has 0 aliphatic heterocycles. The highest BCUT2D eigenvalue weighted by Gasteiger charge is 2.22. The Morgan fingerprint density at radius 1 is 0.436 bits per heavy atom. The zero-order valence-electron chi connectivity index (χ0n) is 21.5. The molecule has 6 aromatic rings. The second kappa shape index (κ2) is 10.6. The number of aryl methyl sites for hydroxylation is 2. The Morgan fingerprint density at radius 3 is 1.38 bits per heavy atom. The lowest BCUT2D eigenvalue weighted by atomic mass is 9.94. The second-order valence-electron chi connectivity index (χ2n) is 9.25. The van der Waals surface area contributed by atoms with Crippen LogP contribution in [0.25, 0.3) is 56.7 Å². The van der Waals surface area contributed by atoms with Crippen molar-refractivity contribution in [3.8, 4) is 56.7 Å². The molecular weight excluding hydrogens is 502 g/mol. The highest BCUT2D eigenvalue weighted by molar-refractivity contribution is 6.31. The van der Waals surface area contributed by atoms with Crippen LogP contribution in [0.2, 0.25) is 5.02 Å². The molecule has 2 heterocycles. The number of halogens is 1. The van der Waals surface area contributed by atoms with Crippen LogP contribution < -0.4 is 0 Å². The van der Waals surface area contributed by atoms with E-state index in [1.165, 1.54) is 0 Å². The van der Waals surface area contributed by atoms with Crippen molar-refractivity contribution in [2.24, 2.45) is 0 Å². The van der Waals surface area contributed by atoms with Crippen molar-refractivity contribution in [2.75, 3.05) is 0 Å². The van der Waals surface area contributed by atoms with Gasteiger partial charge in [-0.1, -0.05) is 103 Å². The van der Waals surface area contributed by atoms with E-state index in [9.17, 15) is 0 Å². The maximum atomic E-state index is 6.77. The van der Waals surface area contributed by atoms with Gasteiger partial charge in [-0.25, -0.2) is 24.9 Å². The van der Waals surface area contributed by atoms with Gasteiger partial charge in [0.25, 0.3) is 0 Å². The molecule has 0 amide bonds. The normalized spacial score (nSPS) is 10.9. The Labute approximate surface area is 232 Å². The second-order valence-corrected chi connectivity index (χ2v) is 9.69. The summed E-state index contributed by atoms with van der Waals surface area (Å²) in [7, 11) is 0. The summed E-state index contributed by atoms with van der Waals surface area (Å²) in [6, 6.07) is 35.8. The van der Waals surface area contributed by atoms with Crippen molar-refractivity contribution in [2.45, 2.75) is 13.8 Å². The summed E-state index contributed by atoms with van der Waals surface area (Å²) < 4.78 is 0. The average Bonchev–Trinajstić information content (AvgIpc) is 2.97. The molecule has 0 aliphatic carbocycles. The maximum Gasteiger partial charge on any atom is 0.164 e. The van der Waals surface area contributed by atoms with Gasteiger partial charge in [-0.05, 0) is 43.2 Å². The minimum absolute atomic E-state index is 0.500. The molecule has 0 atom stereocenters. The van der Waals surface area contributed by atoms with Crippen molar-refractivity contribution in [1.82, 2.24) is 24.9 Å². The van der Waals surface area contributed by atoms with Gasteiger partial charge in [-0.3, -0.25) is 0 Å². The highest BCUT2D eigenvalue weighted by Crippen LogP contribution is 2.40. The summed E-state index contributed by atoms with van der Waals surface area (Å²) in [5.41, 5.74) is 7.02. The number of nitrogens with zero attached hydrogens (tertiary/aromatic N) is 5. The van der Waals surface area contributed by atoms with Crippen LogP contribution in [0, 0.1) is 13.8 Å². The Balaban J connectivity index is 1.69. The molecule has 5 nitrogen and oxygen atoms in total. The summed E-state index contributed by atoms with van der Waals surface area (Å²) in [5, 5.41) is 0.569. The van der Waals surface area contributed by atoms with Gasteiger partial charge in [-0.2, -0.15) is 0 Å². The first-order chi connectivity index (χ1) is 19.0. The molecule has 0 unspecified atom stereocenters. The Bertz CT molecular complexity index is 1690. The third kappa shape index (κ3) is 5.17. The molecule has 0 fully saturated rings. The number of rotatable bonds is 5. The lowest BCUT2D eigenvalue weighted by Crippen LogP contribution is -2.03. The van der Waals surface area contributed by atoms with E-state index >= 15 is 0 Å². The summed E-state index contributed by atoms with van der Waals surface area (Å²) in [6.07, 6.45) is 0. The number of benzene rings is 4. The van der Waals surface area contributed by atoms with E-state index in [0.29, 0.717) is 28.3 Å². The zero-order valence-corrected chi connectivity index (χ0v) is 22.3. The van der Waals surface area contributed by atoms with Crippen LogP contribution in [0.4, 0.5) is 0 Å². The van der Waals surface area contributed by atoms with E-state index in [-0.39, 0.29) is 0 Å². The molecule has 6 heteroatoms. The van der Waals surface area contributed by atoms with Gasteiger partial charge in [0.2, 0.25) is 0 Å². The molecule has 39 heavy (non-hydrogen) atoms. The van der Waals surface area contributed by atoms with Crippen molar-refractivity contribution in [1.29, 1.82) is 0 Å². The minimum Gasteiger partial charge on any atom is -0.233 e. The lowest BCUT2D eigenvalue weighted by molar-refractivity contribution is 1.05. The largest absolute Gasteiger partial charge is 0.233 e. The fourth-order valence-electron chi connectivity index (χ4n) is 4.64. The molecule has 0 saturated carbocycles. The summed E-state index contributed by atoms with van der Waals surface area (Å²) in [6.45, 7) is 3.94. The summed E-state index contributed by atoms with van der Waals surface area (Å²) in [4.78, 5) is 24.5. The number of hydrogen-bond acceptors (Lipinski definition) is 5. The van der Waals surface area contributed by atoms with Crippen LogP contribution in [0.3, 0.4) is 0 Å². The van der Waals surface area contributed by atoms with Crippen LogP contribution in [0.5, 0.6) is 0 Å². The predicted octanol–water partition coefficient (Wildman–Crippen LogP) is 8.27. The average molecular weight is 526 g/mol. The quantitative estimate of drug-likeness (QED) is 0.226. The van der Waals surface area contributed by atoms with E-state index in [0.717, 1.165) is 44.8 Å². The van der Waals surface area contributed by atoms with Crippen LogP contribution >= 0.6 is 11.6 Å². The first kappa shape index (κ1) is 24.6. The van der Waals surface area contributed by atoms with Gasteiger partial charge in [0.15, 0.2) is 23.3 Å². The zero-order chi connectivity index (χ0) is 26.8. The number of hydrogen-bond donors (Lipinski definition) is 0. The molecule has 4 aromatic carbocycles. The number of aromatic nitrogens is 5. The Hall–Kier alpha value is -4.74. The molecule has 0 N–H and O–H groups in total. The van der Waals surface area contributed by atoms with Gasteiger partial charge in [0.05, 0.1) is 0 Å². The van der Waals surface area contributed by atoms with Crippen LogP contribution in [0.15, 0.2) is 109 Å². The molecular formula is C33H24ClN5. The van der Waals surface area contributed by atoms with Crippen LogP contribution in [-0.2, 0) is 0 Å². The molecule has 0 bridgehead atoms. The first-order valence-electron chi connectivity index (χ1n) is 12.6. The fourth-order valence-corrected chi connectivity index (χ4v) is 4.85. The Morgan fingerprint density at radius 2 is 0.872 bits per heavy atom. The molecule has 0 spiro atoms. The third-order valence-corrected chi connectivity index (χ3v) is 6.55. The molecule has 6 rings (SSSR count). The topological polar surface area (TPSA) is 64.5 Å². The van der Waals surface area contributed by atoms with Gasteiger partial charge < -0.3 is 0 Å². The predicted molar refractivity (Wildman–Crippen MR) is 157 cm³/mol. The molecule has 2 aromatic heterocycles. The van der Waals surface area contributed by atoms with Gasteiger partial charge >= 0.3 is 0 Å². The van der Waals surface area contributed by atoms with Crippen molar-refractivity contribution >= 4 is 11.6 Å². The van der Waals surface area contributed by atoms with E-state index < -0.39 is 0 Å². The highest BCUT2D eigenvalue weighted by atomic mass is 35.5. The fraction of sp³-hybridized carbons (Fsp3) is 0.0606. The SMILES string of the molecule is Cc1cc(C)nc(-c2c(-c3ccccc3)cc(Cl)cc2-c2nc(-c3ccccc3)nc(-c3ccccc3)n2)n1. The molecule has 0 saturated heterocycles. The maximum absolute atomic E-state index is 6.77. The van der Waals surface area contributed by atoms with E-state index in [2.05, 4.69) is 12.1 Å². The summed E-state index contributed by atoms with van der Waals surface area (Å²) in [5.74, 6) is 2.25. The third-order valence-electron chi connectivity index (χ3n) is 6.33. The summed E-state index contributed by atoms with van der Waals surface area (Å²) >= 11 is 6.77. The van der Waals surface area contributed by atoms with Crippen LogP contribution in [-0.4, -0.2) is 24.9 Å². The van der Waals surface area contributed by atoms with Gasteiger partial charge in [-0.15, -0.1) is 0 Å². The molecule has 0 radical (unpaired) electrons. The van der Waals surface area contributed by atoms with Gasteiger partial charge in [0, 0.05) is 38.7 Å². The van der Waals surface area contributed by atoms with Crippen molar-refractivity contribution in [3.05, 3.63) is 126 Å². The van der Waals surface area contributed by atoms with Gasteiger partial charge in [0.1, 0.15) is 0 Å². The standard InChI is InChI=1S/C33H24ClN5/c1-21-18-22(2)36-33(35-21)29-27(23-12-6-3-7-13-23)19-26(34)20-28(29)32-38-30(24-14-8-4-9-15-24)37-31(39-32)25-16-10-5-11-17-25/h3-20H,1-2H3. The minimum atomic E-state index is 0.500.